The van der Waals surface area contributed by atoms with Gasteiger partial charge < -0.3 is 9.47 Å². The molecule has 0 aromatic heterocycles. The van der Waals surface area contributed by atoms with E-state index in [1.807, 2.05) is 36.4 Å². The smallest absolute Gasteiger partial charge is 0.345 e. The first-order chi connectivity index (χ1) is 10.3. The number of esters is 1. The minimum atomic E-state index is -0.411. The quantitative estimate of drug-likeness (QED) is 0.732. The number of ether oxygens (including phenoxy) is 2. The molecule has 0 bridgehead atoms. The van der Waals surface area contributed by atoms with Gasteiger partial charge in [0.25, 0.3) is 0 Å². The summed E-state index contributed by atoms with van der Waals surface area (Å²) in [6.07, 6.45) is 5.44. The van der Waals surface area contributed by atoms with Gasteiger partial charge in [0.2, 0.25) is 6.29 Å². The molecule has 0 saturated heterocycles. The average molecular weight is 282 g/mol. The van der Waals surface area contributed by atoms with Crippen LogP contribution in [0.4, 0.5) is 0 Å². The van der Waals surface area contributed by atoms with Gasteiger partial charge in [0.1, 0.15) is 11.3 Å². The van der Waals surface area contributed by atoms with E-state index in [1.165, 1.54) is 19.3 Å². The van der Waals surface area contributed by atoms with Crippen molar-refractivity contribution in [3.8, 4) is 5.75 Å². The van der Waals surface area contributed by atoms with Crippen LogP contribution in [0.25, 0.3) is 10.8 Å². The third kappa shape index (κ3) is 2.17. The Morgan fingerprint density at radius 2 is 1.71 bits per heavy atom. The molecule has 2 aromatic carbocycles. The highest BCUT2D eigenvalue weighted by Crippen LogP contribution is 2.37. The van der Waals surface area contributed by atoms with Gasteiger partial charge in [-0.25, -0.2) is 4.79 Å². The Hall–Kier alpha value is -2.03. The summed E-state index contributed by atoms with van der Waals surface area (Å²) >= 11 is 0. The Bertz CT molecular complexity index is 686. The summed E-state index contributed by atoms with van der Waals surface area (Å²) in [6, 6.07) is 11.7. The van der Waals surface area contributed by atoms with E-state index in [-0.39, 0.29) is 5.97 Å². The fourth-order valence-corrected chi connectivity index (χ4v) is 3.47. The van der Waals surface area contributed by atoms with Crippen LogP contribution in [0.2, 0.25) is 0 Å². The molecule has 1 aliphatic carbocycles. The predicted octanol–water partition coefficient (Wildman–Crippen LogP) is 4.30. The number of carbonyl (C=O) groups is 1. The zero-order chi connectivity index (χ0) is 14.2. The second kappa shape index (κ2) is 5.06. The molecule has 3 heteroatoms. The van der Waals surface area contributed by atoms with Crippen molar-refractivity contribution in [3.63, 3.8) is 0 Å². The molecule has 1 unspecified atom stereocenters. The second-order valence-corrected chi connectivity index (χ2v) is 5.95. The zero-order valence-corrected chi connectivity index (χ0v) is 11.9. The van der Waals surface area contributed by atoms with Crippen molar-refractivity contribution in [2.45, 2.75) is 38.4 Å². The molecular weight excluding hydrogens is 264 g/mol. The molecular formula is C18H18O3. The van der Waals surface area contributed by atoms with Gasteiger partial charge in [-0.15, -0.1) is 0 Å². The summed E-state index contributed by atoms with van der Waals surface area (Å²) in [5, 5.41) is 1.94. The number of benzene rings is 2. The van der Waals surface area contributed by atoms with Crippen molar-refractivity contribution >= 4 is 16.7 Å². The Balaban J connectivity index is 1.72. The third-order valence-electron chi connectivity index (χ3n) is 4.60. The van der Waals surface area contributed by atoms with Gasteiger partial charge in [-0.3, -0.25) is 0 Å². The first-order valence-electron chi connectivity index (χ1n) is 7.72. The molecule has 2 aromatic rings. The van der Waals surface area contributed by atoms with E-state index in [9.17, 15) is 4.79 Å². The largest absolute Gasteiger partial charge is 0.454 e. The van der Waals surface area contributed by atoms with E-state index in [4.69, 9.17) is 9.47 Å². The van der Waals surface area contributed by atoms with Crippen molar-refractivity contribution < 1.29 is 14.3 Å². The van der Waals surface area contributed by atoms with E-state index in [2.05, 4.69) is 0 Å². The highest BCUT2D eigenvalue weighted by atomic mass is 16.7. The molecule has 1 saturated carbocycles. The number of cyclic esters (lactones) is 1. The molecule has 0 N–H and O–H groups in total. The van der Waals surface area contributed by atoms with Crippen LogP contribution in [0.3, 0.4) is 0 Å². The van der Waals surface area contributed by atoms with Gasteiger partial charge in [-0.05, 0) is 29.7 Å². The fraction of sp³-hybridized carbons (Fsp3) is 0.389. The number of rotatable bonds is 1. The monoisotopic (exact) mass is 282 g/mol. The van der Waals surface area contributed by atoms with Gasteiger partial charge >= 0.3 is 5.97 Å². The van der Waals surface area contributed by atoms with Crippen molar-refractivity contribution in [1.29, 1.82) is 0 Å². The SMILES string of the molecule is O=C1OC(C2CCCCC2)Oc2ccc3ccccc3c21. The minimum Gasteiger partial charge on any atom is -0.454 e. The number of hydrogen-bond donors (Lipinski definition) is 0. The molecule has 0 radical (unpaired) electrons. The van der Waals surface area contributed by atoms with E-state index in [0.717, 1.165) is 23.6 Å². The van der Waals surface area contributed by atoms with Crippen LogP contribution >= 0.6 is 0 Å². The molecule has 4 rings (SSSR count). The minimum absolute atomic E-state index is 0.247. The Morgan fingerprint density at radius 3 is 2.57 bits per heavy atom. The van der Waals surface area contributed by atoms with E-state index >= 15 is 0 Å². The lowest BCUT2D eigenvalue weighted by atomic mass is 9.88. The Morgan fingerprint density at radius 1 is 0.905 bits per heavy atom. The maximum atomic E-state index is 12.5. The van der Waals surface area contributed by atoms with Crippen molar-refractivity contribution in [2.75, 3.05) is 0 Å². The average Bonchev–Trinajstić information content (AvgIpc) is 2.55. The normalized spacial score (nSPS) is 22.5. The van der Waals surface area contributed by atoms with Crippen molar-refractivity contribution in [3.05, 3.63) is 42.0 Å². The van der Waals surface area contributed by atoms with Gasteiger partial charge in [-0.1, -0.05) is 49.6 Å². The highest BCUT2D eigenvalue weighted by Gasteiger charge is 2.35. The molecule has 1 fully saturated rings. The summed E-state index contributed by atoms with van der Waals surface area (Å²) in [7, 11) is 0. The lowest BCUT2D eigenvalue weighted by Gasteiger charge is -2.33. The lowest BCUT2D eigenvalue weighted by Crippen LogP contribution is -2.37. The molecule has 1 atom stereocenters. The standard InChI is InChI=1S/C18H18O3/c19-17-16-14-9-5-4-6-12(14)10-11-15(16)20-18(21-17)13-7-2-1-3-8-13/h4-6,9-11,13,18H,1-3,7-8H2. The number of carbonyl (C=O) groups excluding carboxylic acids is 1. The maximum absolute atomic E-state index is 12.5. The number of hydrogen-bond acceptors (Lipinski definition) is 3. The third-order valence-corrected chi connectivity index (χ3v) is 4.60. The van der Waals surface area contributed by atoms with Crippen LogP contribution in [0.5, 0.6) is 5.75 Å². The molecule has 3 nitrogen and oxygen atoms in total. The van der Waals surface area contributed by atoms with Gasteiger partial charge in [0.15, 0.2) is 0 Å². The Labute approximate surface area is 123 Å². The summed E-state index contributed by atoms with van der Waals surface area (Å²) < 4.78 is 11.6. The van der Waals surface area contributed by atoms with Gasteiger partial charge in [0.05, 0.1) is 0 Å². The fourth-order valence-electron chi connectivity index (χ4n) is 3.47. The first-order valence-corrected chi connectivity index (χ1v) is 7.72. The number of fused-ring (bicyclic) bond motifs is 3. The summed E-state index contributed by atoms with van der Waals surface area (Å²) in [6.45, 7) is 0. The topological polar surface area (TPSA) is 35.5 Å². The maximum Gasteiger partial charge on any atom is 0.345 e. The van der Waals surface area contributed by atoms with Crippen LogP contribution in [0, 0.1) is 5.92 Å². The molecule has 2 aliphatic rings. The molecule has 1 aliphatic heterocycles. The van der Waals surface area contributed by atoms with Crippen LogP contribution in [0.1, 0.15) is 42.5 Å². The van der Waals surface area contributed by atoms with Crippen LogP contribution in [0.15, 0.2) is 36.4 Å². The van der Waals surface area contributed by atoms with Crippen molar-refractivity contribution in [1.82, 2.24) is 0 Å². The zero-order valence-electron chi connectivity index (χ0n) is 11.9. The molecule has 0 amide bonds. The van der Waals surface area contributed by atoms with E-state index in [0.29, 0.717) is 17.2 Å². The van der Waals surface area contributed by atoms with Crippen molar-refractivity contribution in [2.24, 2.45) is 5.92 Å². The lowest BCUT2D eigenvalue weighted by molar-refractivity contribution is -0.0983. The summed E-state index contributed by atoms with van der Waals surface area (Å²) in [5.41, 5.74) is 0.570. The molecule has 108 valence electrons. The van der Waals surface area contributed by atoms with Gasteiger partial charge in [0, 0.05) is 5.92 Å². The molecule has 21 heavy (non-hydrogen) atoms. The van der Waals surface area contributed by atoms with E-state index < -0.39 is 6.29 Å². The van der Waals surface area contributed by atoms with Gasteiger partial charge in [-0.2, -0.15) is 0 Å². The Kier molecular flexibility index (Phi) is 3.06. The predicted molar refractivity (Wildman–Crippen MR) is 80.4 cm³/mol. The molecule has 1 heterocycles. The summed E-state index contributed by atoms with van der Waals surface area (Å²) in [4.78, 5) is 12.5. The molecule has 0 spiro atoms. The van der Waals surface area contributed by atoms with Crippen LogP contribution in [-0.4, -0.2) is 12.3 Å². The summed E-state index contributed by atoms with van der Waals surface area (Å²) in [5.74, 6) is 0.756. The highest BCUT2D eigenvalue weighted by molar-refractivity contribution is 6.07. The van der Waals surface area contributed by atoms with Crippen LogP contribution in [-0.2, 0) is 4.74 Å². The van der Waals surface area contributed by atoms with E-state index in [1.54, 1.807) is 0 Å². The first kappa shape index (κ1) is 12.7. The van der Waals surface area contributed by atoms with Crippen LogP contribution < -0.4 is 4.74 Å². The second-order valence-electron chi connectivity index (χ2n) is 5.95.